The summed E-state index contributed by atoms with van der Waals surface area (Å²) in [5, 5.41) is 12.1. The van der Waals surface area contributed by atoms with Crippen molar-refractivity contribution in [2.45, 2.75) is 129 Å². The quantitative estimate of drug-likeness (QED) is 0.133. The number of likely N-dealkylation sites (N-methyl/N-ethyl adjacent to an activating group) is 1. The Morgan fingerprint density at radius 2 is 1.31 bits per heavy atom. The Hall–Kier alpha value is -1.36. The van der Waals surface area contributed by atoms with Crippen molar-refractivity contribution in [2.75, 3.05) is 20.6 Å². The molecule has 0 aliphatic carbocycles. The molecule has 0 radical (unpaired) electrons. The first-order valence-electron chi connectivity index (χ1n) is 13.3. The molecule has 0 rings (SSSR count). The van der Waals surface area contributed by atoms with Crippen LogP contribution >= 0.6 is 0 Å². The Bertz CT molecular complexity index is 478. The second-order valence-electron chi connectivity index (χ2n) is 9.35. The van der Waals surface area contributed by atoms with E-state index in [4.69, 9.17) is 5.11 Å². The third-order valence-electron chi connectivity index (χ3n) is 6.05. The first kappa shape index (κ1) is 30.6. The van der Waals surface area contributed by atoms with Crippen molar-refractivity contribution < 1.29 is 14.7 Å². The molecular weight excluding hydrogens is 400 g/mol. The van der Waals surface area contributed by atoms with Gasteiger partial charge in [-0.25, -0.2) is 0 Å². The highest BCUT2D eigenvalue weighted by molar-refractivity contribution is 5.75. The van der Waals surface area contributed by atoms with Gasteiger partial charge in [0, 0.05) is 13.0 Å². The molecule has 1 atom stereocenters. The van der Waals surface area contributed by atoms with E-state index in [0.29, 0.717) is 19.4 Å². The van der Waals surface area contributed by atoms with Gasteiger partial charge in [-0.3, -0.25) is 14.5 Å². The van der Waals surface area contributed by atoms with Gasteiger partial charge in [-0.15, -0.1) is 0 Å². The van der Waals surface area contributed by atoms with Gasteiger partial charge in [0.05, 0.1) is 0 Å². The molecular formula is C27H52N2O3. The fourth-order valence-corrected chi connectivity index (χ4v) is 3.91. The highest BCUT2D eigenvalue weighted by Crippen LogP contribution is 2.11. The van der Waals surface area contributed by atoms with Crippen molar-refractivity contribution in [3.8, 4) is 0 Å². The van der Waals surface area contributed by atoms with Gasteiger partial charge in [0.25, 0.3) is 0 Å². The molecule has 1 amide bonds. The van der Waals surface area contributed by atoms with Crippen molar-refractivity contribution >= 4 is 11.9 Å². The number of aliphatic carboxylic acids is 1. The third kappa shape index (κ3) is 20.5. The zero-order valence-corrected chi connectivity index (χ0v) is 21.4. The normalized spacial score (nSPS) is 12.5. The molecule has 5 nitrogen and oxygen atoms in total. The highest BCUT2D eigenvalue weighted by Gasteiger charge is 2.18. The molecule has 32 heavy (non-hydrogen) atoms. The molecule has 0 spiro atoms. The summed E-state index contributed by atoms with van der Waals surface area (Å²) in [4.78, 5) is 24.7. The summed E-state index contributed by atoms with van der Waals surface area (Å²) in [7, 11) is 3.57. The number of unbranched alkanes of at least 4 members (excludes halogenated alkanes) is 13. The number of nitrogens with zero attached hydrogens (tertiary/aromatic N) is 1. The van der Waals surface area contributed by atoms with Crippen molar-refractivity contribution in [3.05, 3.63) is 12.2 Å². The van der Waals surface area contributed by atoms with E-state index in [1.807, 2.05) is 0 Å². The Labute approximate surface area is 198 Å². The van der Waals surface area contributed by atoms with Crippen LogP contribution < -0.4 is 5.32 Å². The molecule has 0 saturated carbocycles. The topological polar surface area (TPSA) is 69.6 Å². The number of hydrogen-bond acceptors (Lipinski definition) is 3. The second kappa shape index (κ2) is 22.8. The van der Waals surface area contributed by atoms with Crippen LogP contribution in [0.2, 0.25) is 0 Å². The predicted molar refractivity (Wildman–Crippen MR) is 136 cm³/mol. The molecule has 2 N–H and O–H groups in total. The zero-order valence-electron chi connectivity index (χ0n) is 21.4. The number of carboxylic acids is 1. The number of hydrogen-bond donors (Lipinski definition) is 2. The van der Waals surface area contributed by atoms with E-state index >= 15 is 0 Å². The van der Waals surface area contributed by atoms with Crippen LogP contribution in [0.4, 0.5) is 0 Å². The van der Waals surface area contributed by atoms with Crippen molar-refractivity contribution in [1.82, 2.24) is 10.2 Å². The molecule has 0 heterocycles. The molecule has 0 aromatic heterocycles. The van der Waals surface area contributed by atoms with E-state index in [9.17, 15) is 9.59 Å². The van der Waals surface area contributed by atoms with Gasteiger partial charge in [-0.1, -0.05) is 76.9 Å². The molecule has 0 aromatic rings. The fourth-order valence-electron chi connectivity index (χ4n) is 3.91. The van der Waals surface area contributed by atoms with Crippen molar-refractivity contribution in [3.63, 3.8) is 0 Å². The number of carbonyl (C=O) groups is 2. The number of allylic oxidation sites excluding steroid dienone is 2. The van der Waals surface area contributed by atoms with E-state index in [2.05, 4.69) is 24.4 Å². The molecule has 0 bridgehead atoms. The van der Waals surface area contributed by atoms with Crippen LogP contribution in [0.1, 0.15) is 122 Å². The largest absolute Gasteiger partial charge is 0.480 e. The van der Waals surface area contributed by atoms with E-state index in [-0.39, 0.29) is 5.91 Å². The number of nitrogens with one attached hydrogen (secondary N) is 1. The smallest absolute Gasteiger partial charge is 0.320 e. The Kier molecular flexibility index (Phi) is 21.9. The third-order valence-corrected chi connectivity index (χ3v) is 6.05. The summed E-state index contributed by atoms with van der Waals surface area (Å²) in [5.74, 6) is -0.653. The van der Waals surface area contributed by atoms with Gasteiger partial charge in [0.15, 0.2) is 0 Å². The van der Waals surface area contributed by atoms with Crippen molar-refractivity contribution in [2.24, 2.45) is 0 Å². The number of carboxylic acid groups (broad SMARTS) is 1. The minimum Gasteiger partial charge on any atom is -0.480 e. The lowest BCUT2D eigenvalue weighted by Crippen LogP contribution is -2.35. The lowest BCUT2D eigenvalue weighted by atomic mass is 10.1. The Balaban J connectivity index is 3.38. The summed E-state index contributed by atoms with van der Waals surface area (Å²) in [6, 6.07) is -0.439. The molecule has 0 aliphatic rings. The van der Waals surface area contributed by atoms with Gasteiger partial charge in [-0.2, -0.15) is 0 Å². The summed E-state index contributed by atoms with van der Waals surface area (Å²) < 4.78 is 0. The van der Waals surface area contributed by atoms with Gasteiger partial charge < -0.3 is 10.4 Å². The highest BCUT2D eigenvalue weighted by atomic mass is 16.4. The maximum Gasteiger partial charge on any atom is 0.320 e. The monoisotopic (exact) mass is 452 g/mol. The maximum absolute atomic E-state index is 11.9. The maximum atomic E-state index is 11.9. The molecule has 0 aromatic carbocycles. The molecule has 0 fully saturated rings. The van der Waals surface area contributed by atoms with Crippen LogP contribution in [-0.2, 0) is 9.59 Å². The molecule has 0 aliphatic heterocycles. The Morgan fingerprint density at radius 1 is 0.781 bits per heavy atom. The minimum atomic E-state index is -0.779. The van der Waals surface area contributed by atoms with Gasteiger partial charge in [0.2, 0.25) is 5.91 Å². The van der Waals surface area contributed by atoms with Gasteiger partial charge >= 0.3 is 5.97 Å². The van der Waals surface area contributed by atoms with Crippen LogP contribution in [0.25, 0.3) is 0 Å². The first-order chi connectivity index (χ1) is 15.5. The fraction of sp³-hybridized carbons (Fsp3) is 0.852. The van der Waals surface area contributed by atoms with Gasteiger partial charge in [-0.05, 0) is 65.5 Å². The van der Waals surface area contributed by atoms with Crippen LogP contribution in [0.3, 0.4) is 0 Å². The average molecular weight is 453 g/mol. The molecule has 0 saturated heterocycles. The van der Waals surface area contributed by atoms with Gasteiger partial charge in [0.1, 0.15) is 6.04 Å². The second-order valence-corrected chi connectivity index (χ2v) is 9.35. The molecule has 5 heteroatoms. The Morgan fingerprint density at radius 3 is 1.84 bits per heavy atom. The summed E-state index contributed by atoms with van der Waals surface area (Å²) in [6.07, 6.45) is 25.4. The first-order valence-corrected chi connectivity index (χ1v) is 13.3. The molecule has 188 valence electrons. The van der Waals surface area contributed by atoms with Crippen LogP contribution in [0.15, 0.2) is 12.2 Å². The standard InChI is InChI=1S/C27H52N2O3/c1-4-5-6-7-8-9-10-11-12-13-14-15-16-17-18-19-23-26(30)28-24-21-20-22-25(27(31)32)29(2)3/h12-13,25H,4-11,14-24H2,1-3H3,(H,28,30)(H,31,32)/b13-12+/t25-/m0/s1. The summed E-state index contributed by atoms with van der Waals surface area (Å²) in [5.41, 5.74) is 0. The van der Waals surface area contributed by atoms with Crippen LogP contribution in [0, 0.1) is 0 Å². The number of carbonyl (C=O) groups excluding carboxylic acids is 1. The van der Waals surface area contributed by atoms with Crippen LogP contribution in [0.5, 0.6) is 0 Å². The molecule has 0 unspecified atom stereocenters. The minimum absolute atomic E-state index is 0.126. The summed E-state index contributed by atoms with van der Waals surface area (Å²) in [6.45, 7) is 2.91. The van der Waals surface area contributed by atoms with Crippen LogP contribution in [-0.4, -0.2) is 48.6 Å². The average Bonchev–Trinajstić information content (AvgIpc) is 2.75. The number of rotatable bonds is 23. The number of amides is 1. The predicted octanol–water partition coefficient (Wildman–Crippen LogP) is 6.72. The lowest BCUT2D eigenvalue weighted by molar-refractivity contribution is -0.142. The zero-order chi connectivity index (χ0) is 23.9. The lowest BCUT2D eigenvalue weighted by Gasteiger charge is -2.19. The summed E-state index contributed by atoms with van der Waals surface area (Å²) >= 11 is 0. The van der Waals surface area contributed by atoms with E-state index in [1.54, 1.807) is 19.0 Å². The van der Waals surface area contributed by atoms with Crippen molar-refractivity contribution in [1.29, 1.82) is 0 Å². The SMILES string of the molecule is CCCCCCCCC/C=C/CCCCCCCC(=O)NCCCC[C@@H](C(=O)O)N(C)C. The van der Waals surface area contributed by atoms with E-state index in [1.165, 1.54) is 77.0 Å². The van der Waals surface area contributed by atoms with E-state index in [0.717, 1.165) is 25.7 Å². The van der Waals surface area contributed by atoms with E-state index < -0.39 is 12.0 Å².